The maximum absolute atomic E-state index is 13.3. The lowest BCUT2D eigenvalue weighted by Crippen LogP contribution is -2.47. The summed E-state index contributed by atoms with van der Waals surface area (Å²) in [5.41, 5.74) is 3.83. The highest BCUT2D eigenvalue weighted by Crippen LogP contribution is 2.33. The lowest BCUT2D eigenvalue weighted by atomic mass is 9.89. The SMILES string of the molecule is COc1ccc2[nH]cc(N(C(=O)CBr)C3CCC(N4Cc5ccccc5C4)CC3)c(=O)c2n1. The zero-order chi connectivity index (χ0) is 22.9. The second kappa shape index (κ2) is 9.27. The molecule has 0 unspecified atom stereocenters. The summed E-state index contributed by atoms with van der Waals surface area (Å²) in [7, 11) is 1.52. The topological polar surface area (TPSA) is 78.5 Å². The van der Waals surface area contributed by atoms with Crippen molar-refractivity contribution in [2.75, 3.05) is 17.3 Å². The van der Waals surface area contributed by atoms with Gasteiger partial charge in [0.1, 0.15) is 11.2 Å². The van der Waals surface area contributed by atoms with E-state index >= 15 is 0 Å². The summed E-state index contributed by atoms with van der Waals surface area (Å²) in [6, 6.07) is 12.6. The number of carbonyl (C=O) groups excluding carboxylic acids is 1. The third-order valence-corrected chi connectivity index (χ3v) is 7.43. The number of hydrogen-bond acceptors (Lipinski definition) is 5. The molecule has 2 aliphatic rings. The Morgan fingerprint density at radius 3 is 2.48 bits per heavy atom. The molecule has 2 aromatic heterocycles. The van der Waals surface area contributed by atoms with Crippen LogP contribution in [0, 0.1) is 0 Å². The zero-order valence-corrected chi connectivity index (χ0v) is 20.2. The normalized spacial score (nSPS) is 20.5. The molecule has 5 rings (SSSR count). The number of fused-ring (bicyclic) bond motifs is 2. The molecule has 1 aliphatic heterocycles. The van der Waals surface area contributed by atoms with Gasteiger partial charge in [0.15, 0.2) is 0 Å². The van der Waals surface area contributed by atoms with E-state index in [1.165, 1.54) is 18.2 Å². The van der Waals surface area contributed by atoms with Gasteiger partial charge in [-0.25, -0.2) is 4.98 Å². The largest absolute Gasteiger partial charge is 0.481 e. The molecule has 8 heteroatoms. The molecule has 1 aliphatic carbocycles. The van der Waals surface area contributed by atoms with Crippen LogP contribution in [0.1, 0.15) is 36.8 Å². The molecule has 3 heterocycles. The number of nitrogens with zero attached hydrogens (tertiary/aromatic N) is 3. The van der Waals surface area contributed by atoms with Crippen LogP contribution in [0.3, 0.4) is 0 Å². The molecule has 0 bridgehead atoms. The number of anilines is 1. The molecular formula is C25H27BrN4O3. The van der Waals surface area contributed by atoms with Crippen LogP contribution in [0.4, 0.5) is 5.69 Å². The zero-order valence-electron chi connectivity index (χ0n) is 18.6. The number of ether oxygens (including phenoxy) is 1. The van der Waals surface area contributed by atoms with Gasteiger partial charge in [-0.3, -0.25) is 14.5 Å². The second-order valence-corrected chi connectivity index (χ2v) is 9.35. The van der Waals surface area contributed by atoms with Crippen LogP contribution in [-0.4, -0.2) is 45.3 Å². The van der Waals surface area contributed by atoms with Gasteiger partial charge in [-0.05, 0) is 42.9 Å². The predicted molar refractivity (Wildman–Crippen MR) is 132 cm³/mol. The van der Waals surface area contributed by atoms with Crippen molar-refractivity contribution in [2.45, 2.75) is 50.9 Å². The molecule has 33 heavy (non-hydrogen) atoms. The molecule has 1 amide bonds. The number of rotatable bonds is 5. The molecular weight excluding hydrogens is 484 g/mol. The van der Waals surface area contributed by atoms with E-state index in [-0.39, 0.29) is 28.2 Å². The van der Waals surface area contributed by atoms with Crippen molar-refractivity contribution in [1.82, 2.24) is 14.9 Å². The fourth-order valence-corrected chi connectivity index (χ4v) is 5.52. The standard InChI is InChI=1S/C25H27BrN4O3/c1-33-22-11-10-20-24(28-22)25(32)21(13-27-20)30(23(31)12-26)19-8-6-18(7-9-19)29-14-16-4-2-3-5-17(16)15-29/h2-5,10-11,13,18-19H,6-9,12,14-15H2,1H3,(H,27,32). The van der Waals surface area contributed by atoms with E-state index < -0.39 is 0 Å². The van der Waals surface area contributed by atoms with Gasteiger partial charge in [-0.15, -0.1) is 0 Å². The number of aromatic amines is 1. The van der Waals surface area contributed by atoms with Gasteiger partial charge < -0.3 is 14.6 Å². The van der Waals surface area contributed by atoms with Gasteiger partial charge in [0.2, 0.25) is 17.2 Å². The van der Waals surface area contributed by atoms with Gasteiger partial charge >= 0.3 is 0 Å². The fourth-order valence-electron chi connectivity index (χ4n) is 5.25. The first-order valence-electron chi connectivity index (χ1n) is 11.3. The average Bonchev–Trinajstić information content (AvgIpc) is 3.30. The third-order valence-electron chi connectivity index (χ3n) is 6.95. The number of halogens is 1. The highest BCUT2D eigenvalue weighted by Gasteiger charge is 2.34. The second-order valence-electron chi connectivity index (χ2n) is 8.79. The predicted octanol–water partition coefficient (Wildman–Crippen LogP) is 3.99. The minimum Gasteiger partial charge on any atom is -0.481 e. The fraction of sp³-hybridized carbons (Fsp3) is 0.400. The lowest BCUT2D eigenvalue weighted by Gasteiger charge is -2.39. The van der Waals surface area contributed by atoms with E-state index in [2.05, 4.69) is 55.1 Å². The molecule has 7 nitrogen and oxygen atoms in total. The number of carbonyl (C=O) groups is 1. The molecule has 3 aromatic rings. The first kappa shape index (κ1) is 22.1. The van der Waals surface area contributed by atoms with Crippen LogP contribution < -0.4 is 15.1 Å². The van der Waals surface area contributed by atoms with Gasteiger partial charge in [0.25, 0.3) is 0 Å². The Labute approximate surface area is 200 Å². The number of aromatic nitrogens is 2. The Morgan fingerprint density at radius 2 is 1.85 bits per heavy atom. The number of nitrogens with one attached hydrogen (secondary N) is 1. The number of benzene rings is 1. The molecule has 1 saturated carbocycles. The summed E-state index contributed by atoms with van der Waals surface area (Å²) in [5.74, 6) is 0.260. The van der Waals surface area contributed by atoms with Crippen molar-refractivity contribution in [3.8, 4) is 5.88 Å². The van der Waals surface area contributed by atoms with Crippen LogP contribution in [0.2, 0.25) is 0 Å². The molecule has 1 aromatic carbocycles. The summed E-state index contributed by atoms with van der Waals surface area (Å²) < 4.78 is 5.19. The third kappa shape index (κ3) is 4.17. The quantitative estimate of drug-likeness (QED) is 0.525. The summed E-state index contributed by atoms with van der Waals surface area (Å²) in [6.07, 6.45) is 5.37. The van der Waals surface area contributed by atoms with E-state index in [0.717, 1.165) is 38.8 Å². The van der Waals surface area contributed by atoms with Crippen molar-refractivity contribution >= 4 is 38.6 Å². The van der Waals surface area contributed by atoms with Crippen molar-refractivity contribution in [2.24, 2.45) is 0 Å². The molecule has 0 spiro atoms. The average molecular weight is 511 g/mol. The Kier molecular flexibility index (Phi) is 6.21. The Morgan fingerprint density at radius 1 is 1.15 bits per heavy atom. The van der Waals surface area contributed by atoms with E-state index in [1.807, 2.05) is 0 Å². The highest BCUT2D eigenvalue weighted by atomic mass is 79.9. The summed E-state index contributed by atoms with van der Waals surface area (Å²) in [4.78, 5) is 38.0. The van der Waals surface area contributed by atoms with E-state index in [0.29, 0.717) is 23.1 Å². The number of alkyl halides is 1. The number of hydrogen-bond donors (Lipinski definition) is 1. The van der Waals surface area contributed by atoms with Crippen molar-refractivity contribution in [1.29, 1.82) is 0 Å². The van der Waals surface area contributed by atoms with Gasteiger partial charge in [-0.2, -0.15) is 0 Å². The molecule has 1 N–H and O–H groups in total. The maximum atomic E-state index is 13.3. The number of H-pyrrole nitrogens is 1. The molecule has 172 valence electrons. The molecule has 0 saturated heterocycles. The first-order chi connectivity index (χ1) is 16.1. The number of pyridine rings is 2. The van der Waals surface area contributed by atoms with Crippen molar-refractivity contribution in [3.63, 3.8) is 0 Å². The molecule has 0 atom stereocenters. The van der Waals surface area contributed by atoms with Crippen molar-refractivity contribution in [3.05, 3.63) is 63.9 Å². The lowest BCUT2D eigenvalue weighted by molar-refractivity contribution is -0.116. The summed E-state index contributed by atoms with van der Waals surface area (Å²) in [5, 5.41) is 0.164. The minimum absolute atomic E-state index is 0.0135. The van der Waals surface area contributed by atoms with Crippen molar-refractivity contribution < 1.29 is 9.53 Å². The molecule has 1 fully saturated rings. The summed E-state index contributed by atoms with van der Waals surface area (Å²) in [6.45, 7) is 1.99. The first-order valence-corrected chi connectivity index (χ1v) is 12.5. The van der Waals surface area contributed by atoms with Crippen LogP contribution in [0.25, 0.3) is 11.0 Å². The van der Waals surface area contributed by atoms with Gasteiger partial charge in [0.05, 0.1) is 18.0 Å². The maximum Gasteiger partial charge on any atom is 0.238 e. The monoisotopic (exact) mass is 510 g/mol. The number of amides is 1. The van der Waals surface area contributed by atoms with Gasteiger partial charge in [0, 0.05) is 37.4 Å². The van der Waals surface area contributed by atoms with Crippen LogP contribution >= 0.6 is 15.9 Å². The Balaban J connectivity index is 1.37. The van der Waals surface area contributed by atoms with E-state index in [1.54, 1.807) is 23.2 Å². The van der Waals surface area contributed by atoms with E-state index in [4.69, 9.17) is 4.74 Å². The number of methoxy groups -OCH3 is 1. The van der Waals surface area contributed by atoms with Crippen LogP contribution in [0.5, 0.6) is 5.88 Å². The highest BCUT2D eigenvalue weighted by molar-refractivity contribution is 9.09. The summed E-state index contributed by atoms with van der Waals surface area (Å²) >= 11 is 3.31. The molecule has 0 radical (unpaired) electrons. The Hall–Kier alpha value is -2.71. The van der Waals surface area contributed by atoms with E-state index in [9.17, 15) is 9.59 Å². The Bertz CT molecular complexity index is 1210. The van der Waals surface area contributed by atoms with Gasteiger partial charge in [-0.1, -0.05) is 40.2 Å². The minimum atomic E-state index is -0.255. The smallest absolute Gasteiger partial charge is 0.238 e. The van der Waals surface area contributed by atoms with Crippen LogP contribution in [0.15, 0.2) is 47.4 Å². The van der Waals surface area contributed by atoms with Crippen LogP contribution in [-0.2, 0) is 17.9 Å².